The molecule has 0 bridgehead atoms. The Kier molecular flexibility index (Phi) is 61.1. The normalized spacial score (nSPS) is 12.2. The van der Waals surface area contributed by atoms with E-state index in [2.05, 4.69) is 57.2 Å². The van der Waals surface area contributed by atoms with Crippen LogP contribution in [0.3, 0.4) is 0 Å². The molecule has 6 nitrogen and oxygen atoms in total. The predicted molar refractivity (Wildman–Crippen MR) is 321 cm³/mol. The van der Waals surface area contributed by atoms with E-state index in [4.69, 9.17) is 14.2 Å². The van der Waals surface area contributed by atoms with Crippen molar-refractivity contribution < 1.29 is 28.6 Å². The van der Waals surface area contributed by atoms with Crippen LogP contribution in [0.2, 0.25) is 0 Å². The zero-order valence-electron chi connectivity index (χ0n) is 49.9. The van der Waals surface area contributed by atoms with Crippen LogP contribution in [0.5, 0.6) is 0 Å². The van der Waals surface area contributed by atoms with Gasteiger partial charge in [0.25, 0.3) is 0 Å². The highest BCUT2D eigenvalue weighted by Gasteiger charge is 2.19. The van der Waals surface area contributed by atoms with Gasteiger partial charge in [-0.2, -0.15) is 0 Å². The number of hydrogen-bond donors (Lipinski definition) is 0. The van der Waals surface area contributed by atoms with Crippen LogP contribution in [-0.4, -0.2) is 37.2 Å². The van der Waals surface area contributed by atoms with Crippen LogP contribution in [0.4, 0.5) is 0 Å². The lowest BCUT2D eigenvalue weighted by Gasteiger charge is -2.18. The van der Waals surface area contributed by atoms with Gasteiger partial charge in [0, 0.05) is 19.3 Å². The smallest absolute Gasteiger partial charge is 0.306 e. The van der Waals surface area contributed by atoms with E-state index in [0.717, 1.165) is 89.9 Å². The molecule has 1 atom stereocenters. The second kappa shape index (κ2) is 63.2. The van der Waals surface area contributed by atoms with Crippen LogP contribution in [0, 0.1) is 0 Å². The fraction of sp³-hybridized carbons (Fsp3) is 0.868. The molecule has 0 aliphatic rings. The molecule has 0 aromatic heterocycles. The largest absolute Gasteiger partial charge is 0.462 e. The van der Waals surface area contributed by atoms with E-state index < -0.39 is 6.10 Å². The quantitative estimate of drug-likeness (QED) is 0.0261. The molecule has 0 rings (SSSR count). The highest BCUT2D eigenvalue weighted by atomic mass is 16.6. The highest BCUT2D eigenvalue weighted by Crippen LogP contribution is 2.18. The zero-order chi connectivity index (χ0) is 53.6. The third kappa shape index (κ3) is 60.5. The van der Waals surface area contributed by atoms with Crippen molar-refractivity contribution in [1.29, 1.82) is 0 Å². The van der Waals surface area contributed by atoms with Gasteiger partial charge >= 0.3 is 17.9 Å². The lowest BCUT2D eigenvalue weighted by Crippen LogP contribution is -2.30. The molecule has 0 aromatic rings. The Morgan fingerprint density at radius 1 is 0.270 bits per heavy atom. The number of unbranched alkanes of at least 4 members (excludes halogenated alkanes) is 44. The average molecular weight is 1040 g/mol. The van der Waals surface area contributed by atoms with Gasteiger partial charge in [-0.05, 0) is 77.0 Å². The number of carbonyl (C=O) groups excluding carboxylic acids is 3. The minimum Gasteiger partial charge on any atom is -0.462 e. The van der Waals surface area contributed by atoms with Crippen LogP contribution in [0.15, 0.2) is 36.5 Å². The molecule has 0 saturated carbocycles. The van der Waals surface area contributed by atoms with Gasteiger partial charge in [-0.1, -0.05) is 301 Å². The van der Waals surface area contributed by atoms with Crippen molar-refractivity contribution in [2.75, 3.05) is 13.2 Å². The van der Waals surface area contributed by atoms with Gasteiger partial charge in [0.1, 0.15) is 13.2 Å². The van der Waals surface area contributed by atoms with E-state index in [-0.39, 0.29) is 31.1 Å². The summed E-state index contributed by atoms with van der Waals surface area (Å²) in [6.07, 6.45) is 77.3. The van der Waals surface area contributed by atoms with Crippen LogP contribution < -0.4 is 0 Å². The number of esters is 3. The lowest BCUT2D eigenvalue weighted by molar-refractivity contribution is -0.167. The second-order valence-electron chi connectivity index (χ2n) is 22.4. The summed E-state index contributed by atoms with van der Waals surface area (Å²) in [7, 11) is 0. The van der Waals surface area contributed by atoms with Gasteiger partial charge < -0.3 is 14.2 Å². The van der Waals surface area contributed by atoms with Crippen molar-refractivity contribution in [2.45, 2.75) is 367 Å². The van der Waals surface area contributed by atoms with Gasteiger partial charge in [-0.25, -0.2) is 0 Å². The standard InChI is InChI=1S/C68H126O6/c1-4-7-10-13-16-19-22-25-28-30-31-32-33-34-35-36-37-38-39-41-43-46-49-52-55-58-61-67(70)73-64-65(63-72-66(69)60-57-54-51-48-45-42-27-24-21-18-15-12-9-6-3)74-68(71)62-59-56-53-50-47-44-40-29-26-23-20-17-14-11-8-5-2/h20,23-24,27,29,40,65H,4-19,21-22,25-26,28,30-39,41-64H2,1-3H3/b23-20-,27-24-,40-29-. The molecule has 0 fully saturated rings. The Labute approximate surface area is 461 Å². The van der Waals surface area contributed by atoms with Crippen LogP contribution in [0.1, 0.15) is 361 Å². The van der Waals surface area contributed by atoms with Crippen LogP contribution >= 0.6 is 0 Å². The van der Waals surface area contributed by atoms with E-state index in [1.54, 1.807) is 0 Å². The van der Waals surface area contributed by atoms with Crippen LogP contribution in [-0.2, 0) is 28.6 Å². The summed E-state index contributed by atoms with van der Waals surface area (Å²) in [6, 6.07) is 0. The molecule has 74 heavy (non-hydrogen) atoms. The molecule has 6 heteroatoms. The second-order valence-corrected chi connectivity index (χ2v) is 22.4. The molecule has 0 heterocycles. The molecular weight excluding hydrogens is 913 g/mol. The maximum Gasteiger partial charge on any atom is 0.306 e. The molecule has 0 radical (unpaired) electrons. The molecule has 0 amide bonds. The summed E-state index contributed by atoms with van der Waals surface area (Å²) in [5, 5.41) is 0. The summed E-state index contributed by atoms with van der Waals surface area (Å²) >= 11 is 0. The molecule has 0 aliphatic carbocycles. The average Bonchev–Trinajstić information content (AvgIpc) is 3.40. The Morgan fingerprint density at radius 2 is 0.486 bits per heavy atom. The first-order valence-electron chi connectivity index (χ1n) is 33.0. The van der Waals surface area contributed by atoms with Crippen molar-refractivity contribution in [3.8, 4) is 0 Å². The Hall–Kier alpha value is -2.37. The Morgan fingerprint density at radius 3 is 0.770 bits per heavy atom. The minimum atomic E-state index is -0.781. The zero-order valence-corrected chi connectivity index (χ0v) is 49.9. The summed E-state index contributed by atoms with van der Waals surface area (Å²) in [5.74, 6) is -0.877. The van der Waals surface area contributed by atoms with E-state index in [1.165, 1.54) is 231 Å². The first kappa shape index (κ1) is 71.6. The summed E-state index contributed by atoms with van der Waals surface area (Å²) < 4.78 is 16.9. The first-order valence-corrected chi connectivity index (χ1v) is 33.0. The maximum absolute atomic E-state index is 12.9. The summed E-state index contributed by atoms with van der Waals surface area (Å²) in [6.45, 7) is 6.65. The number of rotatable bonds is 61. The van der Waals surface area contributed by atoms with Crippen LogP contribution in [0.25, 0.3) is 0 Å². The third-order valence-corrected chi connectivity index (χ3v) is 14.9. The number of allylic oxidation sites excluding steroid dienone is 6. The maximum atomic E-state index is 12.9. The highest BCUT2D eigenvalue weighted by molar-refractivity contribution is 5.71. The van der Waals surface area contributed by atoms with E-state index >= 15 is 0 Å². The summed E-state index contributed by atoms with van der Waals surface area (Å²) in [4.78, 5) is 38.3. The van der Waals surface area contributed by atoms with Crippen molar-refractivity contribution in [3.05, 3.63) is 36.5 Å². The topological polar surface area (TPSA) is 78.9 Å². The third-order valence-electron chi connectivity index (χ3n) is 14.9. The Bertz CT molecular complexity index is 1240. The van der Waals surface area contributed by atoms with Crippen molar-refractivity contribution >= 4 is 17.9 Å². The van der Waals surface area contributed by atoms with Gasteiger partial charge in [-0.3, -0.25) is 14.4 Å². The fourth-order valence-electron chi connectivity index (χ4n) is 9.88. The van der Waals surface area contributed by atoms with Crippen molar-refractivity contribution in [1.82, 2.24) is 0 Å². The van der Waals surface area contributed by atoms with Crippen molar-refractivity contribution in [2.24, 2.45) is 0 Å². The number of hydrogen-bond acceptors (Lipinski definition) is 6. The molecule has 0 spiro atoms. The van der Waals surface area contributed by atoms with Gasteiger partial charge in [0.15, 0.2) is 6.10 Å². The first-order chi connectivity index (χ1) is 36.5. The molecule has 0 aliphatic heterocycles. The number of ether oxygens (including phenoxy) is 3. The molecule has 434 valence electrons. The molecule has 0 aromatic carbocycles. The SMILES string of the molecule is CCCCCC/C=C\C/C=C\CCCCCCCC(=O)OC(COC(=O)CCCCCCC/C=C\CCCCCCC)COC(=O)CCCCCCCCCCCCCCCCCCCCCCCCCCCC. The Balaban J connectivity index is 4.23. The lowest BCUT2D eigenvalue weighted by atomic mass is 10.0. The van der Waals surface area contributed by atoms with Gasteiger partial charge in [0.2, 0.25) is 0 Å². The molecule has 0 N–H and O–H groups in total. The summed E-state index contributed by atoms with van der Waals surface area (Å²) in [5.41, 5.74) is 0. The van der Waals surface area contributed by atoms with Gasteiger partial charge in [0.05, 0.1) is 0 Å². The predicted octanol–water partition coefficient (Wildman–Crippen LogP) is 22.4. The number of carbonyl (C=O) groups is 3. The molecule has 1 unspecified atom stereocenters. The van der Waals surface area contributed by atoms with Gasteiger partial charge in [-0.15, -0.1) is 0 Å². The molecular formula is C68H126O6. The van der Waals surface area contributed by atoms with E-state index in [1.807, 2.05) is 0 Å². The van der Waals surface area contributed by atoms with E-state index in [0.29, 0.717) is 19.3 Å². The van der Waals surface area contributed by atoms with Crippen molar-refractivity contribution in [3.63, 3.8) is 0 Å². The minimum absolute atomic E-state index is 0.0765. The fourth-order valence-corrected chi connectivity index (χ4v) is 9.88. The monoisotopic (exact) mass is 1040 g/mol. The molecule has 0 saturated heterocycles. The van der Waals surface area contributed by atoms with E-state index in [9.17, 15) is 14.4 Å².